The number of fused-ring (bicyclic) bond motifs is 1. The number of nitrogens with zero attached hydrogens (tertiary/aromatic N) is 1. The van der Waals surface area contributed by atoms with Crippen LogP contribution in [-0.2, 0) is 4.79 Å². The third-order valence-corrected chi connectivity index (χ3v) is 5.47. The lowest BCUT2D eigenvalue weighted by Crippen LogP contribution is -2.48. The lowest BCUT2D eigenvalue weighted by Gasteiger charge is -2.31. The minimum Gasteiger partial charge on any atom is -0.393 e. The molecule has 18 heavy (non-hydrogen) atoms. The second-order valence-corrected chi connectivity index (χ2v) is 6.46. The molecule has 0 radical (unpaired) electrons. The van der Waals surface area contributed by atoms with E-state index in [4.69, 9.17) is 18.0 Å². The maximum Gasteiger partial charge on any atom is 0.232 e. The summed E-state index contributed by atoms with van der Waals surface area (Å²) in [5.41, 5.74) is 5.65. The fourth-order valence-corrected chi connectivity index (χ4v) is 4.63. The number of thiocarbonyl (C=S) groups is 1. The average Bonchev–Trinajstić information content (AvgIpc) is 2.89. The van der Waals surface area contributed by atoms with Gasteiger partial charge < -0.3 is 15.7 Å². The highest BCUT2D eigenvalue weighted by molar-refractivity contribution is 7.80. The number of likely N-dealkylation sites (tertiary alicyclic amines) is 1. The molecule has 2 bridgehead atoms. The topological polar surface area (TPSA) is 66.6 Å². The molecule has 6 unspecified atom stereocenters. The SMILES string of the molecule is CCC(C(=O)N1CC2CC3CC2C1C3O)C(N)=S. The Morgan fingerprint density at radius 2 is 2.22 bits per heavy atom. The van der Waals surface area contributed by atoms with Crippen LogP contribution in [0.2, 0.25) is 0 Å². The maximum absolute atomic E-state index is 12.5. The van der Waals surface area contributed by atoms with Crippen LogP contribution in [0.3, 0.4) is 0 Å². The number of nitrogens with two attached hydrogens (primary N) is 1. The number of carbonyl (C=O) groups excluding carboxylic acids is 1. The Labute approximate surface area is 113 Å². The molecule has 3 fully saturated rings. The Morgan fingerprint density at radius 1 is 1.50 bits per heavy atom. The van der Waals surface area contributed by atoms with Gasteiger partial charge in [-0.2, -0.15) is 0 Å². The molecule has 0 aromatic carbocycles. The average molecular weight is 268 g/mol. The molecule has 1 amide bonds. The minimum absolute atomic E-state index is 0.0316. The molecular formula is C13H20N2O2S. The number of amides is 1. The van der Waals surface area contributed by atoms with Gasteiger partial charge in [-0.1, -0.05) is 19.1 Å². The predicted octanol–water partition coefficient (Wildman–Crippen LogP) is 0.526. The van der Waals surface area contributed by atoms with Crippen LogP contribution in [0.4, 0.5) is 0 Å². The molecule has 6 atom stereocenters. The zero-order valence-corrected chi connectivity index (χ0v) is 11.4. The molecule has 1 aliphatic heterocycles. The van der Waals surface area contributed by atoms with Crippen molar-refractivity contribution in [3.05, 3.63) is 0 Å². The Balaban J connectivity index is 1.82. The van der Waals surface area contributed by atoms with Crippen molar-refractivity contribution in [3.8, 4) is 0 Å². The first-order chi connectivity index (χ1) is 8.54. The summed E-state index contributed by atoms with van der Waals surface area (Å²) in [4.78, 5) is 14.7. The molecule has 0 aromatic heterocycles. The number of hydrogen-bond acceptors (Lipinski definition) is 3. The van der Waals surface area contributed by atoms with Crippen molar-refractivity contribution in [2.75, 3.05) is 6.54 Å². The van der Waals surface area contributed by atoms with Crippen molar-refractivity contribution in [1.29, 1.82) is 0 Å². The van der Waals surface area contributed by atoms with E-state index in [0.29, 0.717) is 24.2 Å². The summed E-state index contributed by atoms with van der Waals surface area (Å²) in [7, 11) is 0. The van der Waals surface area contributed by atoms with Crippen LogP contribution >= 0.6 is 12.2 Å². The van der Waals surface area contributed by atoms with Gasteiger partial charge in [0.05, 0.1) is 23.1 Å². The highest BCUT2D eigenvalue weighted by Gasteiger charge is 2.60. The second kappa shape index (κ2) is 4.17. The minimum atomic E-state index is -0.358. The third kappa shape index (κ3) is 1.53. The smallest absolute Gasteiger partial charge is 0.232 e. The van der Waals surface area contributed by atoms with Crippen LogP contribution in [0.15, 0.2) is 0 Å². The molecule has 2 saturated carbocycles. The molecule has 3 N–H and O–H groups in total. The fraction of sp³-hybridized carbons (Fsp3) is 0.846. The van der Waals surface area contributed by atoms with Gasteiger partial charge in [0.25, 0.3) is 0 Å². The van der Waals surface area contributed by atoms with Crippen LogP contribution in [0.25, 0.3) is 0 Å². The van der Waals surface area contributed by atoms with Crippen LogP contribution in [0.5, 0.6) is 0 Å². The van der Waals surface area contributed by atoms with E-state index in [-0.39, 0.29) is 29.0 Å². The van der Waals surface area contributed by atoms with Gasteiger partial charge in [-0.15, -0.1) is 0 Å². The molecule has 0 spiro atoms. The molecule has 2 aliphatic carbocycles. The molecule has 1 heterocycles. The van der Waals surface area contributed by atoms with Gasteiger partial charge in [0.1, 0.15) is 0 Å². The molecule has 1 saturated heterocycles. The number of rotatable bonds is 3. The first-order valence-corrected chi connectivity index (χ1v) is 7.23. The number of carbonyl (C=O) groups is 1. The molecule has 100 valence electrons. The van der Waals surface area contributed by atoms with E-state index in [9.17, 15) is 9.90 Å². The summed E-state index contributed by atoms with van der Waals surface area (Å²) in [5, 5.41) is 10.3. The summed E-state index contributed by atoms with van der Waals surface area (Å²) in [5.74, 6) is 1.19. The fourth-order valence-electron chi connectivity index (χ4n) is 4.37. The van der Waals surface area contributed by atoms with Crippen molar-refractivity contribution in [3.63, 3.8) is 0 Å². The first kappa shape index (κ1) is 12.4. The van der Waals surface area contributed by atoms with E-state index in [2.05, 4.69) is 0 Å². The van der Waals surface area contributed by atoms with E-state index in [1.54, 1.807) is 0 Å². The van der Waals surface area contributed by atoms with Crippen molar-refractivity contribution in [2.45, 2.75) is 38.3 Å². The monoisotopic (exact) mass is 268 g/mol. The predicted molar refractivity (Wildman–Crippen MR) is 71.8 cm³/mol. The van der Waals surface area contributed by atoms with Gasteiger partial charge in [0.2, 0.25) is 5.91 Å². The van der Waals surface area contributed by atoms with Crippen molar-refractivity contribution in [1.82, 2.24) is 4.90 Å². The van der Waals surface area contributed by atoms with Gasteiger partial charge in [0, 0.05) is 6.54 Å². The number of aliphatic hydroxyl groups is 1. The van der Waals surface area contributed by atoms with E-state index >= 15 is 0 Å². The standard InChI is InChI=1S/C13H20N2O2S/c1-2-8(12(14)18)13(17)15-5-7-3-6-4-9(7)10(15)11(6)16/h6-11,16H,2-5H2,1H3,(H2,14,18). The Morgan fingerprint density at radius 3 is 2.78 bits per heavy atom. The molecule has 5 heteroatoms. The largest absolute Gasteiger partial charge is 0.393 e. The van der Waals surface area contributed by atoms with Gasteiger partial charge in [0.15, 0.2) is 0 Å². The zero-order valence-electron chi connectivity index (χ0n) is 10.6. The molecule has 3 rings (SSSR count). The lowest BCUT2D eigenvalue weighted by atomic mass is 9.88. The van der Waals surface area contributed by atoms with E-state index in [0.717, 1.165) is 19.4 Å². The van der Waals surface area contributed by atoms with Crippen LogP contribution in [-0.4, -0.2) is 39.6 Å². The Bertz CT molecular complexity index is 398. The van der Waals surface area contributed by atoms with E-state index in [1.807, 2.05) is 11.8 Å². The molecule has 4 nitrogen and oxygen atoms in total. The summed E-state index contributed by atoms with van der Waals surface area (Å²) in [6.45, 7) is 2.72. The Kier molecular flexibility index (Phi) is 2.86. The maximum atomic E-state index is 12.5. The van der Waals surface area contributed by atoms with Crippen LogP contribution in [0, 0.1) is 23.7 Å². The summed E-state index contributed by atoms with van der Waals surface area (Å²) >= 11 is 4.98. The molecule has 3 aliphatic rings. The highest BCUT2D eigenvalue weighted by atomic mass is 32.1. The second-order valence-electron chi connectivity index (χ2n) is 5.99. The highest BCUT2D eigenvalue weighted by Crippen LogP contribution is 2.55. The van der Waals surface area contributed by atoms with Crippen molar-refractivity contribution >= 4 is 23.1 Å². The summed E-state index contributed by atoms with van der Waals surface area (Å²) in [6, 6.07) is 0.0321. The van der Waals surface area contributed by atoms with Gasteiger partial charge in [-0.25, -0.2) is 0 Å². The Hall–Kier alpha value is -0.680. The lowest BCUT2D eigenvalue weighted by molar-refractivity contribution is -0.136. The molecule has 0 aromatic rings. The van der Waals surface area contributed by atoms with Gasteiger partial charge >= 0.3 is 0 Å². The van der Waals surface area contributed by atoms with Crippen LogP contribution < -0.4 is 5.73 Å². The van der Waals surface area contributed by atoms with Gasteiger partial charge in [-0.3, -0.25) is 4.79 Å². The van der Waals surface area contributed by atoms with E-state index < -0.39 is 0 Å². The summed E-state index contributed by atoms with van der Waals surface area (Å²) < 4.78 is 0. The molecular weight excluding hydrogens is 248 g/mol. The van der Waals surface area contributed by atoms with Crippen molar-refractivity contribution < 1.29 is 9.90 Å². The normalized spacial score (nSPS) is 42.3. The third-order valence-electron chi connectivity index (χ3n) is 5.18. The zero-order chi connectivity index (χ0) is 13.0. The van der Waals surface area contributed by atoms with E-state index in [1.165, 1.54) is 0 Å². The number of aliphatic hydroxyl groups excluding tert-OH is 1. The van der Waals surface area contributed by atoms with Crippen LogP contribution in [0.1, 0.15) is 26.2 Å². The first-order valence-electron chi connectivity index (χ1n) is 6.82. The van der Waals surface area contributed by atoms with Gasteiger partial charge in [-0.05, 0) is 37.0 Å². The van der Waals surface area contributed by atoms with Crippen molar-refractivity contribution in [2.24, 2.45) is 29.4 Å². The quantitative estimate of drug-likeness (QED) is 0.733. The number of hydrogen-bond donors (Lipinski definition) is 2. The summed E-state index contributed by atoms with van der Waals surface area (Å²) in [6.07, 6.45) is 2.48.